The number of hydrogen-bond acceptors (Lipinski definition) is 4. The van der Waals surface area contributed by atoms with E-state index in [1.54, 1.807) is 22.9 Å². The molecule has 0 fully saturated rings. The SMILES string of the molecule is CC(C)n1c(-c2ccc(Cl)cc2)nnc1-c1cccc(-n2cccc2C(N)=O)n1. The number of nitrogens with zero attached hydrogens (tertiary/aromatic N) is 5. The molecule has 0 aliphatic rings. The van der Waals surface area contributed by atoms with Crippen molar-refractivity contribution in [3.63, 3.8) is 0 Å². The van der Waals surface area contributed by atoms with Gasteiger partial charge in [0, 0.05) is 22.8 Å². The average Bonchev–Trinajstić information content (AvgIpc) is 3.36. The van der Waals surface area contributed by atoms with Crippen molar-refractivity contribution in [3.05, 3.63) is 71.5 Å². The van der Waals surface area contributed by atoms with Crippen molar-refractivity contribution in [1.82, 2.24) is 24.3 Å². The summed E-state index contributed by atoms with van der Waals surface area (Å²) in [5.41, 5.74) is 7.39. The van der Waals surface area contributed by atoms with Crippen LogP contribution in [0.5, 0.6) is 0 Å². The molecule has 8 heteroatoms. The summed E-state index contributed by atoms with van der Waals surface area (Å²) in [4.78, 5) is 16.4. The lowest BCUT2D eigenvalue weighted by molar-refractivity contribution is 0.0994. The van der Waals surface area contributed by atoms with Gasteiger partial charge in [-0.25, -0.2) is 4.98 Å². The van der Waals surface area contributed by atoms with Crippen LogP contribution in [0.1, 0.15) is 30.4 Å². The molecule has 0 spiro atoms. The zero-order valence-corrected chi connectivity index (χ0v) is 16.7. The highest BCUT2D eigenvalue weighted by atomic mass is 35.5. The van der Waals surface area contributed by atoms with Gasteiger partial charge < -0.3 is 10.3 Å². The largest absolute Gasteiger partial charge is 0.364 e. The van der Waals surface area contributed by atoms with E-state index < -0.39 is 5.91 Å². The summed E-state index contributed by atoms with van der Waals surface area (Å²) in [5, 5.41) is 9.47. The second-order valence-corrected chi connectivity index (χ2v) is 7.26. The van der Waals surface area contributed by atoms with Crippen LogP contribution in [0, 0.1) is 0 Å². The van der Waals surface area contributed by atoms with Gasteiger partial charge in [-0.15, -0.1) is 10.2 Å². The fourth-order valence-electron chi connectivity index (χ4n) is 3.21. The maximum Gasteiger partial charge on any atom is 0.265 e. The summed E-state index contributed by atoms with van der Waals surface area (Å²) in [6, 6.07) is 16.5. The number of halogens is 1. The van der Waals surface area contributed by atoms with E-state index >= 15 is 0 Å². The topological polar surface area (TPSA) is 91.6 Å². The molecule has 0 aliphatic heterocycles. The third kappa shape index (κ3) is 3.52. The first kappa shape index (κ1) is 18.9. The number of carbonyl (C=O) groups excluding carboxylic acids is 1. The molecule has 29 heavy (non-hydrogen) atoms. The molecule has 146 valence electrons. The highest BCUT2D eigenvalue weighted by Gasteiger charge is 2.19. The number of carbonyl (C=O) groups is 1. The number of pyridine rings is 1. The number of amides is 1. The van der Waals surface area contributed by atoms with Crippen LogP contribution >= 0.6 is 11.6 Å². The van der Waals surface area contributed by atoms with E-state index in [1.807, 2.05) is 47.0 Å². The average molecular weight is 407 g/mol. The van der Waals surface area contributed by atoms with Crippen molar-refractivity contribution >= 4 is 17.5 Å². The molecule has 2 N–H and O–H groups in total. The Balaban J connectivity index is 1.83. The molecule has 3 heterocycles. The van der Waals surface area contributed by atoms with Crippen LogP contribution in [0.15, 0.2) is 60.8 Å². The third-order valence-electron chi connectivity index (χ3n) is 4.53. The van der Waals surface area contributed by atoms with E-state index in [4.69, 9.17) is 22.3 Å². The second kappa shape index (κ2) is 7.52. The summed E-state index contributed by atoms with van der Waals surface area (Å²) in [6.07, 6.45) is 1.75. The lowest BCUT2D eigenvalue weighted by Gasteiger charge is -2.14. The standard InChI is InChI=1S/C21H19ClN6O/c1-13(2)28-20(14-8-10-15(22)11-9-14)25-26-21(28)16-5-3-7-18(24-16)27-12-4-6-17(27)19(23)29/h3-13H,1-2H3,(H2,23,29). The van der Waals surface area contributed by atoms with Gasteiger partial charge >= 0.3 is 0 Å². The molecule has 3 aromatic heterocycles. The van der Waals surface area contributed by atoms with Crippen LogP contribution in [-0.2, 0) is 0 Å². The lowest BCUT2D eigenvalue weighted by atomic mass is 10.2. The van der Waals surface area contributed by atoms with Gasteiger partial charge in [-0.05, 0) is 62.4 Å². The predicted octanol–water partition coefficient (Wildman–Crippen LogP) is 4.13. The number of rotatable bonds is 5. The monoisotopic (exact) mass is 406 g/mol. The molecule has 4 rings (SSSR count). The Hall–Kier alpha value is -3.45. The molecule has 0 radical (unpaired) electrons. The van der Waals surface area contributed by atoms with Gasteiger partial charge in [-0.2, -0.15) is 0 Å². The van der Waals surface area contributed by atoms with Crippen molar-refractivity contribution in [2.24, 2.45) is 5.73 Å². The molecule has 0 atom stereocenters. The zero-order valence-electron chi connectivity index (χ0n) is 16.0. The van der Waals surface area contributed by atoms with Crippen LogP contribution in [0.2, 0.25) is 5.02 Å². The van der Waals surface area contributed by atoms with Gasteiger partial charge in [0.2, 0.25) is 0 Å². The van der Waals surface area contributed by atoms with Gasteiger partial charge in [-0.3, -0.25) is 9.36 Å². The van der Waals surface area contributed by atoms with Gasteiger partial charge in [-0.1, -0.05) is 17.7 Å². The summed E-state index contributed by atoms with van der Waals surface area (Å²) in [7, 11) is 0. The van der Waals surface area contributed by atoms with Crippen molar-refractivity contribution < 1.29 is 4.79 Å². The Bertz CT molecular complexity index is 1180. The third-order valence-corrected chi connectivity index (χ3v) is 4.78. The van der Waals surface area contributed by atoms with Gasteiger partial charge in [0.05, 0.1) is 0 Å². The van der Waals surface area contributed by atoms with Crippen molar-refractivity contribution in [2.75, 3.05) is 0 Å². The minimum atomic E-state index is -0.516. The summed E-state index contributed by atoms with van der Waals surface area (Å²) in [5.74, 6) is 1.43. The first-order valence-electron chi connectivity index (χ1n) is 9.11. The molecule has 1 aromatic carbocycles. The van der Waals surface area contributed by atoms with Crippen molar-refractivity contribution in [3.8, 4) is 28.7 Å². The first-order valence-corrected chi connectivity index (χ1v) is 9.49. The maximum absolute atomic E-state index is 11.7. The highest BCUT2D eigenvalue weighted by Crippen LogP contribution is 2.28. The molecule has 0 bridgehead atoms. The van der Waals surface area contributed by atoms with E-state index in [0.29, 0.717) is 28.1 Å². The fraction of sp³-hybridized carbons (Fsp3) is 0.143. The molecule has 0 aliphatic carbocycles. The Morgan fingerprint density at radius 2 is 1.72 bits per heavy atom. The molecule has 0 saturated carbocycles. The second-order valence-electron chi connectivity index (χ2n) is 6.83. The van der Waals surface area contributed by atoms with E-state index in [0.717, 1.165) is 11.4 Å². The molecule has 1 amide bonds. The van der Waals surface area contributed by atoms with Crippen molar-refractivity contribution in [1.29, 1.82) is 0 Å². The Morgan fingerprint density at radius 3 is 2.41 bits per heavy atom. The highest BCUT2D eigenvalue weighted by molar-refractivity contribution is 6.30. The number of nitrogens with two attached hydrogens (primary N) is 1. The fourth-order valence-corrected chi connectivity index (χ4v) is 3.34. The molecular formula is C21H19ClN6O. The number of aromatic nitrogens is 5. The summed E-state index contributed by atoms with van der Waals surface area (Å²) < 4.78 is 3.68. The molecule has 0 unspecified atom stereocenters. The predicted molar refractivity (Wildman–Crippen MR) is 112 cm³/mol. The zero-order chi connectivity index (χ0) is 20.5. The van der Waals surface area contributed by atoms with Gasteiger partial charge in [0.15, 0.2) is 11.6 Å². The lowest BCUT2D eigenvalue weighted by Crippen LogP contribution is -2.16. The Kier molecular flexibility index (Phi) is 4.90. The Labute approximate surface area is 172 Å². The number of hydrogen-bond donors (Lipinski definition) is 1. The quantitative estimate of drug-likeness (QED) is 0.539. The summed E-state index contributed by atoms with van der Waals surface area (Å²) in [6.45, 7) is 4.13. The molecule has 4 aromatic rings. The molecular weight excluding hydrogens is 388 g/mol. The van der Waals surface area contributed by atoms with E-state index in [2.05, 4.69) is 24.0 Å². The van der Waals surface area contributed by atoms with Crippen LogP contribution in [0.25, 0.3) is 28.7 Å². The normalized spacial score (nSPS) is 11.2. The van der Waals surface area contributed by atoms with E-state index in [-0.39, 0.29) is 6.04 Å². The minimum absolute atomic E-state index is 0.101. The minimum Gasteiger partial charge on any atom is -0.364 e. The van der Waals surface area contributed by atoms with E-state index in [9.17, 15) is 4.79 Å². The number of primary amides is 1. The first-order chi connectivity index (χ1) is 14.0. The summed E-state index contributed by atoms with van der Waals surface area (Å²) >= 11 is 6.02. The number of benzene rings is 1. The molecule has 0 saturated heterocycles. The van der Waals surface area contributed by atoms with Crippen LogP contribution in [0.3, 0.4) is 0 Å². The maximum atomic E-state index is 11.7. The van der Waals surface area contributed by atoms with Crippen LogP contribution < -0.4 is 5.73 Å². The van der Waals surface area contributed by atoms with Crippen molar-refractivity contribution in [2.45, 2.75) is 19.9 Å². The van der Waals surface area contributed by atoms with Gasteiger partial charge in [0.1, 0.15) is 17.2 Å². The van der Waals surface area contributed by atoms with Gasteiger partial charge in [0.25, 0.3) is 5.91 Å². The smallest absolute Gasteiger partial charge is 0.265 e. The van der Waals surface area contributed by atoms with Crippen LogP contribution in [-0.4, -0.2) is 30.2 Å². The van der Waals surface area contributed by atoms with E-state index in [1.165, 1.54) is 0 Å². The van der Waals surface area contributed by atoms with Crippen LogP contribution in [0.4, 0.5) is 0 Å². The Morgan fingerprint density at radius 1 is 1.00 bits per heavy atom. The molecule has 7 nitrogen and oxygen atoms in total.